The van der Waals surface area contributed by atoms with E-state index in [-0.39, 0.29) is 5.91 Å². The fourth-order valence-corrected chi connectivity index (χ4v) is 5.12. The number of anilines is 2. The first-order valence-corrected chi connectivity index (χ1v) is 12.4. The van der Waals surface area contributed by atoms with E-state index >= 15 is 0 Å². The van der Waals surface area contributed by atoms with Crippen LogP contribution in [-0.2, 0) is 0 Å². The summed E-state index contributed by atoms with van der Waals surface area (Å²) < 4.78 is 0. The van der Waals surface area contributed by atoms with Crippen LogP contribution in [0.3, 0.4) is 0 Å². The second-order valence-corrected chi connectivity index (χ2v) is 10.1. The van der Waals surface area contributed by atoms with Crippen molar-refractivity contribution in [1.29, 1.82) is 0 Å². The second-order valence-electron chi connectivity index (χ2n) is 8.87. The van der Waals surface area contributed by atoms with Gasteiger partial charge >= 0.3 is 0 Å². The molecule has 1 aromatic carbocycles. The Labute approximate surface area is 201 Å². The van der Waals surface area contributed by atoms with Gasteiger partial charge in [-0.05, 0) is 49.4 Å². The number of fused-ring (bicyclic) bond motifs is 1. The predicted octanol–water partition coefficient (Wildman–Crippen LogP) is 3.99. The molecule has 4 heterocycles. The number of piperazine rings is 1. The minimum Gasteiger partial charge on any atom is -0.354 e. The van der Waals surface area contributed by atoms with Gasteiger partial charge in [-0.2, -0.15) is 0 Å². The number of aryl methyl sites for hydroxylation is 1. The maximum Gasteiger partial charge on any atom is 0.257 e. The van der Waals surface area contributed by atoms with Crippen LogP contribution in [0.15, 0.2) is 48.8 Å². The number of carbonyl (C=O) groups excluding carboxylic acids is 1. The van der Waals surface area contributed by atoms with Crippen LogP contribution < -0.4 is 10.2 Å². The van der Waals surface area contributed by atoms with Gasteiger partial charge in [0.05, 0.1) is 0 Å². The van der Waals surface area contributed by atoms with Gasteiger partial charge in [0, 0.05) is 61.1 Å². The zero-order valence-electron chi connectivity index (χ0n) is 18.9. The quantitative estimate of drug-likeness (QED) is 0.471. The summed E-state index contributed by atoms with van der Waals surface area (Å²) >= 11 is 1.56. The van der Waals surface area contributed by atoms with Crippen LogP contribution in [0.2, 0.25) is 0 Å². The van der Waals surface area contributed by atoms with Gasteiger partial charge in [-0.25, -0.2) is 9.97 Å². The molecule has 1 saturated heterocycles. The monoisotopic (exact) mass is 471 g/mol. The summed E-state index contributed by atoms with van der Waals surface area (Å²) in [4.78, 5) is 26.8. The van der Waals surface area contributed by atoms with Crippen molar-refractivity contribution in [2.45, 2.75) is 25.8 Å². The highest BCUT2D eigenvalue weighted by atomic mass is 32.1. The number of carbonyl (C=O) groups is 1. The number of pyridine rings is 2. The first-order valence-electron chi connectivity index (χ1n) is 11.6. The number of aromatic nitrogens is 4. The Morgan fingerprint density at radius 3 is 2.62 bits per heavy atom. The highest BCUT2D eigenvalue weighted by molar-refractivity contribution is 7.14. The molecule has 0 unspecified atom stereocenters. The summed E-state index contributed by atoms with van der Waals surface area (Å²) in [6, 6.07) is 12.4. The molecular formula is C25H25N7OS. The van der Waals surface area contributed by atoms with E-state index in [2.05, 4.69) is 41.3 Å². The Morgan fingerprint density at radius 2 is 1.85 bits per heavy atom. The van der Waals surface area contributed by atoms with Gasteiger partial charge in [-0.3, -0.25) is 9.69 Å². The number of rotatable bonds is 5. The third kappa shape index (κ3) is 4.36. The smallest absolute Gasteiger partial charge is 0.257 e. The molecular weight excluding hydrogens is 446 g/mol. The van der Waals surface area contributed by atoms with Crippen molar-refractivity contribution in [3.63, 3.8) is 0 Å². The van der Waals surface area contributed by atoms with Crippen molar-refractivity contribution in [2.75, 3.05) is 36.4 Å². The number of nitrogens with zero attached hydrogens (tertiary/aromatic N) is 6. The Hall–Kier alpha value is -3.43. The van der Waals surface area contributed by atoms with Crippen LogP contribution in [0, 0.1) is 6.92 Å². The van der Waals surface area contributed by atoms with E-state index in [1.165, 1.54) is 12.8 Å². The van der Waals surface area contributed by atoms with Crippen LogP contribution in [0.1, 0.15) is 28.2 Å². The summed E-state index contributed by atoms with van der Waals surface area (Å²) in [7, 11) is 0. The number of hydrogen-bond acceptors (Lipinski definition) is 8. The number of amides is 1. The van der Waals surface area contributed by atoms with E-state index < -0.39 is 0 Å². The second kappa shape index (κ2) is 8.73. The molecule has 1 N–H and O–H groups in total. The van der Waals surface area contributed by atoms with E-state index in [9.17, 15) is 4.79 Å². The Balaban J connectivity index is 1.18. The molecule has 9 heteroatoms. The van der Waals surface area contributed by atoms with Gasteiger partial charge < -0.3 is 10.2 Å². The highest BCUT2D eigenvalue weighted by Gasteiger charge is 2.31. The summed E-state index contributed by atoms with van der Waals surface area (Å²) in [5, 5.41) is 15.1. The zero-order chi connectivity index (χ0) is 23.1. The van der Waals surface area contributed by atoms with E-state index in [4.69, 9.17) is 0 Å². The van der Waals surface area contributed by atoms with Crippen molar-refractivity contribution >= 4 is 39.7 Å². The maximum absolute atomic E-state index is 13.0. The Kier molecular flexibility index (Phi) is 5.43. The van der Waals surface area contributed by atoms with Gasteiger partial charge in [0.15, 0.2) is 0 Å². The normalized spacial score (nSPS) is 16.7. The largest absolute Gasteiger partial charge is 0.354 e. The van der Waals surface area contributed by atoms with Crippen molar-refractivity contribution < 1.29 is 4.79 Å². The van der Waals surface area contributed by atoms with Crippen LogP contribution in [-0.4, -0.2) is 63.2 Å². The van der Waals surface area contributed by atoms with Crippen LogP contribution in [0.25, 0.3) is 21.3 Å². The van der Waals surface area contributed by atoms with Crippen LogP contribution >= 0.6 is 11.3 Å². The molecule has 2 aliphatic rings. The lowest BCUT2D eigenvalue weighted by Gasteiger charge is -2.35. The fraction of sp³-hybridized carbons (Fsp3) is 0.320. The summed E-state index contributed by atoms with van der Waals surface area (Å²) in [6.45, 7) is 5.94. The van der Waals surface area contributed by atoms with Gasteiger partial charge in [0.1, 0.15) is 21.7 Å². The van der Waals surface area contributed by atoms with E-state index in [1.54, 1.807) is 29.8 Å². The van der Waals surface area contributed by atoms with Crippen LogP contribution in [0.5, 0.6) is 0 Å². The minimum absolute atomic E-state index is 0.192. The number of nitrogens with one attached hydrogen (secondary N) is 1. The Bertz CT molecular complexity index is 1360. The lowest BCUT2D eigenvalue weighted by atomic mass is 10.1. The average molecular weight is 472 g/mol. The summed E-state index contributed by atoms with van der Waals surface area (Å²) in [5.74, 6) is 1.18. The third-order valence-electron chi connectivity index (χ3n) is 6.45. The molecule has 1 aliphatic carbocycles. The molecule has 6 rings (SSSR count). The first-order chi connectivity index (χ1) is 16.6. The third-order valence-corrected chi connectivity index (χ3v) is 7.33. The SMILES string of the molecule is Cc1nnc(-c2ccc3cnc(NC(=O)c4ccnc(N5CCN(C6CC6)CC5)c4)cc3c2)s1. The van der Waals surface area contributed by atoms with Gasteiger partial charge in [0.25, 0.3) is 5.91 Å². The predicted molar refractivity (Wildman–Crippen MR) is 134 cm³/mol. The maximum atomic E-state index is 13.0. The fourth-order valence-electron chi connectivity index (χ4n) is 4.43. The minimum atomic E-state index is -0.192. The molecule has 1 saturated carbocycles. The van der Waals surface area contributed by atoms with E-state index in [1.807, 2.05) is 31.2 Å². The molecule has 0 bridgehead atoms. The van der Waals surface area contributed by atoms with Crippen molar-refractivity contribution in [3.05, 3.63) is 59.4 Å². The molecule has 1 amide bonds. The standard InChI is InChI=1S/C25H25N7OS/c1-16-29-30-25(34-16)18-2-3-19-15-27-22(13-20(19)12-18)28-24(33)17-6-7-26-23(14-17)32-10-8-31(9-11-32)21-4-5-21/h2-3,6-7,12-15,21H,4-5,8-11H2,1H3,(H,27,28,33). The average Bonchev–Trinajstić information content (AvgIpc) is 3.64. The summed E-state index contributed by atoms with van der Waals surface area (Å²) in [5.41, 5.74) is 1.58. The Morgan fingerprint density at radius 1 is 1.00 bits per heavy atom. The van der Waals surface area contributed by atoms with E-state index in [0.29, 0.717) is 11.4 Å². The molecule has 0 radical (unpaired) electrons. The molecule has 8 nitrogen and oxygen atoms in total. The molecule has 4 aromatic rings. The summed E-state index contributed by atoms with van der Waals surface area (Å²) in [6.07, 6.45) is 6.15. The number of benzene rings is 1. The molecule has 1 aliphatic heterocycles. The molecule has 0 spiro atoms. The molecule has 3 aromatic heterocycles. The van der Waals surface area contributed by atoms with Gasteiger partial charge in [-0.15, -0.1) is 10.2 Å². The number of hydrogen-bond donors (Lipinski definition) is 1. The van der Waals surface area contributed by atoms with Crippen LogP contribution in [0.4, 0.5) is 11.6 Å². The molecule has 172 valence electrons. The van der Waals surface area contributed by atoms with Crippen molar-refractivity contribution in [1.82, 2.24) is 25.1 Å². The highest BCUT2D eigenvalue weighted by Crippen LogP contribution is 2.29. The lowest BCUT2D eigenvalue weighted by Crippen LogP contribution is -2.47. The van der Waals surface area contributed by atoms with Gasteiger partial charge in [0.2, 0.25) is 0 Å². The zero-order valence-corrected chi connectivity index (χ0v) is 19.8. The molecule has 34 heavy (non-hydrogen) atoms. The first kappa shape index (κ1) is 21.1. The molecule has 2 fully saturated rings. The molecule has 0 atom stereocenters. The lowest BCUT2D eigenvalue weighted by molar-refractivity contribution is 0.102. The topological polar surface area (TPSA) is 87.1 Å². The van der Waals surface area contributed by atoms with Crippen molar-refractivity contribution in [2.24, 2.45) is 0 Å². The van der Waals surface area contributed by atoms with E-state index in [0.717, 1.165) is 64.4 Å². The van der Waals surface area contributed by atoms with Crippen molar-refractivity contribution in [3.8, 4) is 10.6 Å². The van der Waals surface area contributed by atoms with Gasteiger partial charge in [-0.1, -0.05) is 23.5 Å².